The first kappa shape index (κ1) is 74.8. The number of rotatable bonds is 62. The van der Waals surface area contributed by atoms with Gasteiger partial charge in [0.25, 0.3) is 0 Å². The highest BCUT2D eigenvalue weighted by atomic mass is 16.6. The van der Waals surface area contributed by atoms with Gasteiger partial charge in [0.1, 0.15) is 13.2 Å². The van der Waals surface area contributed by atoms with Gasteiger partial charge in [0.15, 0.2) is 6.10 Å². The van der Waals surface area contributed by atoms with Crippen LogP contribution in [0.25, 0.3) is 0 Å². The minimum Gasteiger partial charge on any atom is -0.462 e. The van der Waals surface area contributed by atoms with E-state index in [4.69, 9.17) is 14.2 Å². The maximum atomic E-state index is 12.9. The van der Waals surface area contributed by atoms with Crippen LogP contribution in [0.4, 0.5) is 0 Å². The molecule has 1 atom stereocenters. The summed E-state index contributed by atoms with van der Waals surface area (Å²) in [5.74, 6) is -0.885. The van der Waals surface area contributed by atoms with E-state index in [1.165, 1.54) is 199 Å². The average molecular weight is 1090 g/mol. The third-order valence-electron chi connectivity index (χ3n) is 14.9. The first-order valence-corrected chi connectivity index (χ1v) is 33.9. The molecule has 0 rings (SSSR count). The molecule has 0 aliphatic rings. The van der Waals surface area contributed by atoms with Gasteiger partial charge < -0.3 is 14.2 Å². The van der Waals surface area contributed by atoms with Crippen LogP contribution in [0.2, 0.25) is 0 Å². The molecule has 0 fully saturated rings. The smallest absolute Gasteiger partial charge is 0.306 e. The summed E-state index contributed by atoms with van der Waals surface area (Å²) in [5, 5.41) is 0. The molecule has 78 heavy (non-hydrogen) atoms. The van der Waals surface area contributed by atoms with Crippen molar-refractivity contribution < 1.29 is 28.6 Å². The van der Waals surface area contributed by atoms with Crippen LogP contribution < -0.4 is 0 Å². The quantitative estimate of drug-likeness (QED) is 0.0261. The number of unbranched alkanes of at least 4 members (excludes halogenated alkanes) is 39. The zero-order valence-corrected chi connectivity index (χ0v) is 51.9. The fourth-order valence-corrected chi connectivity index (χ4v) is 9.88. The summed E-state index contributed by atoms with van der Waals surface area (Å²) < 4.78 is 17.0. The molecule has 6 heteroatoms. The molecule has 0 aliphatic carbocycles. The maximum absolute atomic E-state index is 12.9. The van der Waals surface area contributed by atoms with Crippen molar-refractivity contribution >= 4 is 17.9 Å². The summed E-state index contributed by atoms with van der Waals surface area (Å²) in [6.45, 7) is 6.54. The Bertz CT molecular complexity index is 1440. The molecular weight excluding hydrogens is 961 g/mol. The molecule has 0 saturated carbocycles. The normalized spacial score (nSPS) is 12.5. The fourth-order valence-electron chi connectivity index (χ4n) is 9.88. The van der Waals surface area contributed by atoms with Gasteiger partial charge in [-0.15, -0.1) is 0 Å². The zero-order valence-electron chi connectivity index (χ0n) is 51.9. The standard InChI is InChI=1S/C72H128O6/c1-4-7-10-13-16-19-22-25-28-31-33-34-35-36-37-39-41-44-47-50-53-56-59-62-65-71(74)77-68-69(67-76-70(73)64-61-58-55-52-49-46-43-40-30-27-24-21-18-15-12-9-6-3)78-72(75)66-63-60-57-54-51-48-45-42-38-32-29-26-23-20-17-14-11-8-5-2/h9,12,17-18,20-21,26-27,29-30,38,42,69H,4-8,10-11,13-16,19,22-25,28,31-37,39-41,43-68H2,1-3H3/b12-9-,20-17-,21-18-,29-26-,30-27-,42-38-. The van der Waals surface area contributed by atoms with Crippen LogP contribution in [-0.2, 0) is 28.6 Å². The van der Waals surface area contributed by atoms with Crippen LogP contribution >= 0.6 is 0 Å². The number of hydrogen-bond donors (Lipinski definition) is 0. The second-order valence-corrected chi connectivity index (χ2v) is 22.7. The molecule has 0 N–H and O–H groups in total. The van der Waals surface area contributed by atoms with Gasteiger partial charge in [0.2, 0.25) is 0 Å². The second-order valence-electron chi connectivity index (χ2n) is 22.7. The first-order valence-electron chi connectivity index (χ1n) is 33.9. The van der Waals surface area contributed by atoms with E-state index < -0.39 is 6.10 Å². The third-order valence-corrected chi connectivity index (χ3v) is 14.9. The molecular formula is C72H128O6. The highest BCUT2D eigenvalue weighted by Crippen LogP contribution is 2.18. The number of carbonyl (C=O) groups is 3. The van der Waals surface area contributed by atoms with Crippen LogP contribution in [0.15, 0.2) is 72.9 Å². The summed E-state index contributed by atoms with van der Waals surface area (Å²) in [5.41, 5.74) is 0. The Morgan fingerprint density at radius 3 is 0.808 bits per heavy atom. The molecule has 0 aromatic rings. The van der Waals surface area contributed by atoms with Crippen molar-refractivity contribution in [2.45, 2.75) is 354 Å². The van der Waals surface area contributed by atoms with E-state index >= 15 is 0 Å². The lowest BCUT2D eigenvalue weighted by atomic mass is 10.0. The van der Waals surface area contributed by atoms with E-state index in [1.54, 1.807) is 0 Å². The van der Waals surface area contributed by atoms with Gasteiger partial charge >= 0.3 is 17.9 Å². The highest BCUT2D eigenvalue weighted by Gasteiger charge is 2.19. The van der Waals surface area contributed by atoms with Crippen LogP contribution in [0.3, 0.4) is 0 Å². The van der Waals surface area contributed by atoms with E-state index in [2.05, 4.69) is 93.7 Å². The summed E-state index contributed by atoms with van der Waals surface area (Å²) in [4.78, 5) is 38.4. The summed E-state index contributed by atoms with van der Waals surface area (Å²) in [6.07, 6.45) is 86.3. The minimum atomic E-state index is -0.787. The summed E-state index contributed by atoms with van der Waals surface area (Å²) in [6, 6.07) is 0. The lowest BCUT2D eigenvalue weighted by Crippen LogP contribution is -2.30. The molecule has 0 aromatic carbocycles. The van der Waals surface area contributed by atoms with Gasteiger partial charge in [-0.1, -0.05) is 312 Å². The van der Waals surface area contributed by atoms with E-state index in [1.807, 2.05) is 0 Å². The molecule has 0 aromatic heterocycles. The maximum Gasteiger partial charge on any atom is 0.306 e. The Balaban J connectivity index is 4.34. The van der Waals surface area contributed by atoms with Gasteiger partial charge in [-0.05, 0) is 89.9 Å². The van der Waals surface area contributed by atoms with Gasteiger partial charge in [0.05, 0.1) is 0 Å². The first-order chi connectivity index (χ1) is 38.5. The molecule has 452 valence electrons. The van der Waals surface area contributed by atoms with E-state index in [0.717, 1.165) is 109 Å². The van der Waals surface area contributed by atoms with Crippen LogP contribution in [-0.4, -0.2) is 37.2 Å². The van der Waals surface area contributed by atoms with Crippen molar-refractivity contribution in [3.05, 3.63) is 72.9 Å². The van der Waals surface area contributed by atoms with E-state index in [0.29, 0.717) is 19.3 Å². The predicted octanol–water partition coefficient (Wildman–Crippen LogP) is 23.3. The van der Waals surface area contributed by atoms with E-state index in [-0.39, 0.29) is 31.1 Å². The lowest BCUT2D eigenvalue weighted by Gasteiger charge is -2.18. The Hall–Kier alpha value is -3.15. The Morgan fingerprint density at radius 1 is 0.269 bits per heavy atom. The Labute approximate surface area is 484 Å². The fraction of sp³-hybridized carbons (Fsp3) is 0.792. The van der Waals surface area contributed by atoms with Gasteiger partial charge in [-0.3, -0.25) is 14.4 Å². The minimum absolute atomic E-state index is 0.0810. The molecule has 0 radical (unpaired) electrons. The van der Waals surface area contributed by atoms with Gasteiger partial charge in [-0.2, -0.15) is 0 Å². The van der Waals surface area contributed by atoms with Crippen molar-refractivity contribution in [1.82, 2.24) is 0 Å². The van der Waals surface area contributed by atoms with Crippen molar-refractivity contribution in [3.63, 3.8) is 0 Å². The van der Waals surface area contributed by atoms with Crippen molar-refractivity contribution in [2.75, 3.05) is 13.2 Å². The Morgan fingerprint density at radius 2 is 0.500 bits per heavy atom. The highest BCUT2D eigenvalue weighted by molar-refractivity contribution is 5.71. The lowest BCUT2D eigenvalue weighted by molar-refractivity contribution is -0.167. The number of ether oxygens (including phenoxy) is 3. The van der Waals surface area contributed by atoms with Gasteiger partial charge in [-0.25, -0.2) is 0 Å². The second kappa shape index (κ2) is 66.4. The SMILES string of the molecule is CC/C=C\C/C=C\C/C=C\CCCCCCCCCC(=O)OCC(COC(=O)CCCCCCCCCCCCCCCCCCCCCCCCCC)OC(=O)CCCCCCCC/C=C\C/C=C\C/C=C\CCCCC. The number of allylic oxidation sites excluding steroid dienone is 12. The van der Waals surface area contributed by atoms with Crippen molar-refractivity contribution in [2.24, 2.45) is 0 Å². The third kappa shape index (κ3) is 63.7. The topological polar surface area (TPSA) is 78.9 Å². The zero-order chi connectivity index (χ0) is 56.4. The predicted molar refractivity (Wildman–Crippen MR) is 339 cm³/mol. The van der Waals surface area contributed by atoms with E-state index in [9.17, 15) is 14.4 Å². The molecule has 0 aliphatic heterocycles. The summed E-state index contributed by atoms with van der Waals surface area (Å²) in [7, 11) is 0. The monoisotopic (exact) mass is 1090 g/mol. The van der Waals surface area contributed by atoms with Gasteiger partial charge in [0, 0.05) is 19.3 Å². The molecule has 0 amide bonds. The molecule has 0 bridgehead atoms. The van der Waals surface area contributed by atoms with Crippen LogP contribution in [0.1, 0.15) is 348 Å². The molecule has 1 unspecified atom stereocenters. The molecule has 0 saturated heterocycles. The number of carbonyl (C=O) groups excluding carboxylic acids is 3. The van der Waals surface area contributed by atoms with Crippen molar-refractivity contribution in [3.8, 4) is 0 Å². The molecule has 0 heterocycles. The number of hydrogen-bond acceptors (Lipinski definition) is 6. The average Bonchev–Trinajstić information content (AvgIpc) is 3.44. The molecule has 0 spiro atoms. The van der Waals surface area contributed by atoms with Crippen LogP contribution in [0, 0.1) is 0 Å². The molecule has 6 nitrogen and oxygen atoms in total. The Kier molecular flexibility index (Phi) is 63.7. The number of esters is 3. The van der Waals surface area contributed by atoms with Crippen LogP contribution in [0.5, 0.6) is 0 Å². The largest absolute Gasteiger partial charge is 0.462 e. The van der Waals surface area contributed by atoms with Crippen molar-refractivity contribution in [1.29, 1.82) is 0 Å². The summed E-state index contributed by atoms with van der Waals surface area (Å²) >= 11 is 0.